The number of ether oxygens (including phenoxy) is 1. The Morgan fingerprint density at radius 3 is 2.24 bits per heavy atom. The van der Waals surface area contributed by atoms with Crippen LogP contribution in [-0.2, 0) is 17.9 Å². The first kappa shape index (κ1) is 25.3. The number of benzene rings is 4. The first-order valence-corrected chi connectivity index (χ1v) is 13.4. The zero-order valence-electron chi connectivity index (χ0n) is 20.7. The van der Waals surface area contributed by atoms with Crippen LogP contribution in [-0.4, -0.2) is 28.7 Å². The number of nitrogens with one attached hydrogen (secondary N) is 1. The number of hydrogen-bond donors (Lipinski definition) is 1. The molecule has 0 spiro atoms. The van der Waals surface area contributed by atoms with Crippen molar-refractivity contribution in [3.05, 3.63) is 137 Å². The van der Waals surface area contributed by atoms with Gasteiger partial charge in [-0.25, -0.2) is 5.43 Å². The van der Waals surface area contributed by atoms with Gasteiger partial charge in [0.05, 0.1) is 12.0 Å². The van der Waals surface area contributed by atoms with Crippen LogP contribution in [0.4, 0.5) is 0 Å². The molecule has 1 fully saturated rings. The van der Waals surface area contributed by atoms with Crippen LogP contribution in [0.15, 0.2) is 114 Å². The molecule has 1 aliphatic rings. The topological polar surface area (TPSA) is 71.0 Å². The molecule has 38 heavy (non-hydrogen) atoms. The minimum Gasteiger partial charge on any atom is -0.489 e. The first-order valence-electron chi connectivity index (χ1n) is 12.3. The molecule has 4 aromatic carbocycles. The molecule has 0 saturated carbocycles. The predicted molar refractivity (Wildman–Crippen MR) is 151 cm³/mol. The molecule has 1 atom stereocenters. The molecule has 0 unspecified atom stereocenters. The zero-order valence-corrected chi connectivity index (χ0v) is 21.5. The fourth-order valence-corrected chi connectivity index (χ4v) is 5.29. The van der Waals surface area contributed by atoms with Crippen molar-refractivity contribution in [3.63, 3.8) is 0 Å². The number of rotatable bonds is 9. The number of thioether (sulfide) groups is 1. The molecule has 4 aromatic rings. The zero-order chi connectivity index (χ0) is 26.2. The molecule has 5 rings (SSSR count). The quantitative estimate of drug-likeness (QED) is 0.223. The summed E-state index contributed by atoms with van der Waals surface area (Å²) in [6.45, 7) is 1.07. The summed E-state index contributed by atoms with van der Waals surface area (Å²) in [7, 11) is 0. The van der Waals surface area contributed by atoms with Gasteiger partial charge >= 0.3 is 0 Å². The normalized spacial score (nSPS) is 15.1. The maximum atomic E-state index is 12.6. The Morgan fingerprint density at radius 2 is 1.55 bits per heavy atom. The third-order valence-electron chi connectivity index (χ3n) is 6.13. The van der Waals surface area contributed by atoms with Crippen molar-refractivity contribution in [2.24, 2.45) is 5.10 Å². The van der Waals surface area contributed by atoms with Crippen molar-refractivity contribution in [1.29, 1.82) is 0 Å². The summed E-state index contributed by atoms with van der Waals surface area (Å²) < 4.78 is 5.80. The van der Waals surface area contributed by atoms with E-state index in [-0.39, 0.29) is 17.2 Å². The summed E-state index contributed by atoms with van der Waals surface area (Å²) in [5.41, 5.74) is 7.11. The van der Waals surface area contributed by atoms with Gasteiger partial charge in [0, 0.05) is 12.1 Å². The summed E-state index contributed by atoms with van der Waals surface area (Å²) in [5.74, 6) is 1.04. The minimum absolute atomic E-state index is 0.0718. The van der Waals surface area contributed by atoms with E-state index in [1.54, 1.807) is 30.1 Å². The third-order valence-corrected chi connectivity index (χ3v) is 7.39. The van der Waals surface area contributed by atoms with Gasteiger partial charge in [0.15, 0.2) is 0 Å². The van der Waals surface area contributed by atoms with Gasteiger partial charge < -0.3 is 9.64 Å². The van der Waals surface area contributed by atoms with Gasteiger partial charge in [-0.1, -0.05) is 72.8 Å². The summed E-state index contributed by atoms with van der Waals surface area (Å²) in [6, 6.07) is 34.8. The lowest BCUT2D eigenvalue weighted by molar-refractivity contribution is -0.128. The van der Waals surface area contributed by atoms with Crippen LogP contribution in [0.5, 0.6) is 5.75 Å². The Hall–Kier alpha value is -4.36. The molecule has 0 bridgehead atoms. The lowest BCUT2D eigenvalue weighted by atomic mass is 10.1. The van der Waals surface area contributed by atoms with Crippen LogP contribution >= 0.6 is 11.8 Å². The Bertz CT molecular complexity index is 1390. The third kappa shape index (κ3) is 6.49. The van der Waals surface area contributed by atoms with E-state index in [0.717, 1.165) is 28.0 Å². The Labute approximate surface area is 226 Å². The molecule has 2 amide bonds. The maximum Gasteiger partial charge on any atom is 0.271 e. The lowest BCUT2D eigenvalue weighted by Gasteiger charge is -2.24. The number of nitrogens with zero attached hydrogens (tertiary/aromatic N) is 2. The molecule has 1 heterocycles. The second-order valence-electron chi connectivity index (χ2n) is 8.84. The highest BCUT2D eigenvalue weighted by Gasteiger charge is 2.32. The van der Waals surface area contributed by atoms with E-state index in [0.29, 0.717) is 24.5 Å². The molecule has 1 N–H and O–H groups in total. The Morgan fingerprint density at radius 1 is 0.895 bits per heavy atom. The number of amides is 2. The van der Waals surface area contributed by atoms with E-state index in [2.05, 4.69) is 10.5 Å². The van der Waals surface area contributed by atoms with Crippen LogP contribution in [0.1, 0.15) is 38.0 Å². The van der Waals surface area contributed by atoms with E-state index in [4.69, 9.17) is 4.74 Å². The fourth-order valence-electron chi connectivity index (χ4n) is 4.10. The minimum atomic E-state index is -0.299. The molecule has 1 saturated heterocycles. The summed E-state index contributed by atoms with van der Waals surface area (Å²) >= 11 is 1.60. The SMILES string of the molecule is O=C(N/N=C\c1ccc(OCc2ccccc2)cc1)c1ccc([C@H]2SCC(=O)N2Cc2ccccc2)cc1. The van der Waals surface area contributed by atoms with Crippen LogP contribution < -0.4 is 10.2 Å². The van der Waals surface area contributed by atoms with E-state index in [1.807, 2.05) is 102 Å². The first-order chi connectivity index (χ1) is 18.7. The molecule has 0 aromatic heterocycles. The van der Waals surface area contributed by atoms with Gasteiger partial charge in [0.1, 0.15) is 17.7 Å². The van der Waals surface area contributed by atoms with Crippen molar-refractivity contribution in [1.82, 2.24) is 10.3 Å². The Kier molecular flexibility index (Phi) is 8.16. The Balaban J connectivity index is 1.14. The molecule has 0 aliphatic carbocycles. The predicted octanol–water partition coefficient (Wildman–Crippen LogP) is 5.80. The molecule has 1 aliphatic heterocycles. The van der Waals surface area contributed by atoms with Gasteiger partial charge in [0.2, 0.25) is 5.91 Å². The largest absolute Gasteiger partial charge is 0.489 e. The number of carbonyl (C=O) groups excluding carboxylic acids is 2. The van der Waals surface area contributed by atoms with E-state index in [9.17, 15) is 9.59 Å². The van der Waals surface area contributed by atoms with E-state index in [1.165, 1.54) is 0 Å². The van der Waals surface area contributed by atoms with Gasteiger partial charge in [-0.15, -0.1) is 11.8 Å². The highest BCUT2D eigenvalue weighted by molar-refractivity contribution is 8.00. The van der Waals surface area contributed by atoms with Crippen molar-refractivity contribution in [2.45, 2.75) is 18.5 Å². The number of carbonyl (C=O) groups is 2. The monoisotopic (exact) mass is 521 g/mol. The molecular weight excluding hydrogens is 494 g/mol. The average Bonchev–Trinajstić information content (AvgIpc) is 3.33. The second-order valence-corrected chi connectivity index (χ2v) is 9.90. The summed E-state index contributed by atoms with van der Waals surface area (Å²) in [5, 5.41) is 4.02. The van der Waals surface area contributed by atoms with Crippen LogP contribution in [0.2, 0.25) is 0 Å². The van der Waals surface area contributed by atoms with Gasteiger partial charge in [-0.2, -0.15) is 5.10 Å². The number of hydrazone groups is 1. The molecule has 0 radical (unpaired) electrons. The van der Waals surface area contributed by atoms with Gasteiger partial charge in [0.25, 0.3) is 5.91 Å². The van der Waals surface area contributed by atoms with Crippen molar-refractivity contribution in [3.8, 4) is 5.75 Å². The lowest BCUT2D eigenvalue weighted by Crippen LogP contribution is -2.27. The fraction of sp³-hybridized carbons (Fsp3) is 0.129. The van der Waals surface area contributed by atoms with Crippen molar-refractivity contribution in [2.75, 3.05) is 5.75 Å². The molecular formula is C31H27N3O3S. The summed E-state index contributed by atoms with van der Waals surface area (Å²) in [4.78, 5) is 27.0. The van der Waals surface area contributed by atoms with E-state index >= 15 is 0 Å². The smallest absolute Gasteiger partial charge is 0.271 e. The van der Waals surface area contributed by atoms with Gasteiger partial charge in [-0.3, -0.25) is 9.59 Å². The highest BCUT2D eigenvalue weighted by atomic mass is 32.2. The molecule has 7 heteroatoms. The average molecular weight is 522 g/mol. The van der Waals surface area contributed by atoms with Crippen molar-refractivity contribution >= 4 is 29.8 Å². The van der Waals surface area contributed by atoms with E-state index < -0.39 is 0 Å². The highest BCUT2D eigenvalue weighted by Crippen LogP contribution is 2.39. The van der Waals surface area contributed by atoms with Gasteiger partial charge in [-0.05, 0) is 58.7 Å². The molecule has 6 nitrogen and oxygen atoms in total. The maximum absolute atomic E-state index is 12.6. The van der Waals surface area contributed by atoms with Crippen molar-refractivity contribution < 1.29 is 14.3 Å². The van der Waals surface area contributed by atoms with Crippen LogP contribution in [0.3, 0.4) is 0 Å². The summed E-state index contributed by atoms with van der Waals surface area (Å²) in [6.07, 6.45) is 1.59. The van der Waals surface area contributed by atoms with Crippen LogP contribution in [0, 0.1) is 0 Å². The second kappa shape index (κ2) is 12.3. The number of hydrogen-bond acceptors (Lipinski definition) is 5. The molecule has 190 valence electrons. The van der Waals surface area contributed by atoms with Crippen LogP contribution in [0.25, 0.3) is 0 Å². The standard InChI is InChI=1S/C31H27N3O3S/c35-29-22-38-31(34(29)20-24-7-3-1-4-8-24)27-15-13-26(14-16-27)30(36)33-32-19-23-11-17-28(18-12-23)37-21-25-9-5-2-6-10-25/h1-19,31H,20-22H2,(H,33,36)/b32-19-/t31-/m1/s1.